The van der Waals surface area contributed by atoms with E-state index < -0.39 is 11.6 Å². The van der Waals surface area contributed by atoms with Crippen molar-refractivity contribution in [3.05, 3.63) is 119 Å². The lowest BCUT2D eigenvalue weighted by Gasteiger charge is -2.48. The zero-order valence-corrected chi connectivity index (χ0v) is 21.5. The van der Waals surface area contributed by atoms with E-state index in [1.54, 1.807) is 0 Å². The Kier molecular flexibility index (Phi) is 7.85. The molecule has 0 radical (unpaired) electrons. The zero-order valence-electron chi connectivity index (χ0n) is 21.5. The van der Waals surface area contributed by atoms with Crippen molar-refractivity contribution in [2.24, 2.45) is 0 Å². The first-order valence-electron chi connectivity index (χ1n) is 13.2. The highest BCUT2D eigenvalue weighted by molar-refractivity contribution is 5.76. The molecule has 1 unspecified atom stereocenters. The van der Waals surface area contributed by atoms with Gasteiger partial charge in [0.1, 0.15) is 6.04 Å². The van der Waals surface area contributed by atoms with Crippen LogP contribution in [0.25, 0.3) is 0 Å². The molecular weight excluding hydrogens is 460 g/mol. The van der Waals surface area contributed by atoms with Gasteiger partial charge < -0.3 is 9.84 Å². The molecule has 5 heteroatoms. The van der Waals surface area contributed by atoms with Crippen LogP contribution in [0.1, 0.15) is 36.0 Å². The van der Waals surface area contributed by atoms with E-state index in [4.69, 9.17) is 4.74 Å². The summed E-state index contributed by atoms with van der Waals surface area (Å²) in [5.74, 6) is -0.169. The van der Waals surface area contributed by atoms with Gasteiger partial charge in [-0.05, 0) is 48.1 Å². The first kappa shape index (κ1) is 25.4. The number of benzene rings is 3. The Balaban J connectivity index is 1.55. The second-order valence-electron chi connectivity index (χ2n) is 9.99. The SMILES string of the molecule is COC(=O)[C@@H]1CCCN1C/C=C1\CN(C(c2ccccc2)(c2ccccc2)c2ccccc2)CCC1O. The van der Waals surface area contributed by atoms with Crippen LogP contribution in [0, 0.1) is 0 Å². The lowest BCUT2D eigenvalue weighted by Crippen LogP contribution is -2.53. The van der Waals surface area contributed by atoms with Crippen molar-refractivity contribution in [3.8, 4) is 0 Å². The van der Waals surface area contributed by atoms with Crippen LogP contribution in [0.2, 0.25) is 0 Å². The highest BCUT2D eigenvalue weighted by Gasteiger charge is 2.44. The van der Waals surface area contributed by atoms with E-state index in [1.807, 2.05) is 0 Å². The molecule has 0 saturated carbocycles. The van der Waals surface area contributed by atoms with Gasteiger partial charge in [-0.15, -0.1) is 0 Å². The lowest BCUT2D eigenvalue weighted by atomic mass is 9.74. The molecule has 2 aliphatic heterocycles. The van der Waals surface area contributed by atoms with Gasteiger partial charge in [-0.2, -0.15) is 0 Å². The maximum atomic E-state index is 12.3. The Morgan fingerprint density at radius 3 is 1.95 bits per heavy atom. The summed E-state index contributed by atoms with van der Waals surface area (Å²) in [7, 11) is 1.45. The fourth-order valence-corrected chi connectivity index (χ4v) is 6.12. The van der Waals surface area contributed by atoms with Gasteiger partial charge >= 0.3 is 5.97 Å². The summed E-state index contributed by atoms with van der Waals surface area (Å²) in [4.78, 5) is 16.9. The summed E-state index contributed by atoms with van der Waals surface area (Å²) < 4.78 is 5.03. The molecule has 0 amide bonds. The maximum Gasteiger partial charge on any atom is 0.323 e. The standard InChI is InChI=1S/C32H36N2O3/c1-37-31(36)29-18-11-21-33(29)22-19-25-24-34(23-20-30(25)35)32(26-12-5-2-6-13-26,27-14-7-3-8-15-27)28-16-9-4-10-17-28/h2-10,12-17,19,29-30,35H,11,18,20-24H2,1H3/b25-19+/t29-,30?/m0/s1. The summed E-state index contributed by atoms with van der Waals surface area (Å²) in [6, 6.07) is 31.8. The van der Waals surface area contributed by atoms with Crippen LogP contribution in [-0.4, -0.2) is 66.3 Å². The van der Waals surface area contributed by atoms with Crippen LogP contribution in [-0.2, 0) is 15.1 Å². The van der Waals surface area contributed by atoms with Gasteiger partial charge in [0.05, 0.1) is 18.8 Å². The molecule has 3 aromatic carbocycles. The van der Waals surface area contributed by atoms with Gasteiger partial charge in [-0.25, -0.2) is 0 Å². The Labute approximate surface area is 220 Å². The van der Waals surface area contributed by atoms with Crippen LogP contribution in [0.5, 0.6) is 0 Å². The van der Waals surface area contributed by atoms with Crippen molar-refractivity contribution in [1.29, 1.82) is 0 Å². The number of nitrogens with zero attached hydrogens (tertiary/aromatic N) is 2. The van der Waals surface area contributed by atoms with Gasteiger partial charge in [0.15, 0.2) is 0 Å². The van der Waals surface area contributed by atoms with Crippen molar-refractivity contribution in [2.45, 2.75) is 36.9 Å². The number of carbonyl (C=O) groups excluding carboxylic acids is 1. The minimum absolute atomic E-state index is 0.169. The number of ether oxygens (including phenoxy) is 1. The number of aliphatic hydroxyl groups is 1. The summed E-state index contributed by atoms with van der Waals surface area (Å²) in [5.41, 5.74) is 4.11. The molecule has 37 heavy (non-hydrogen) atoms. The molecule has 2 atom stereocenters. The molecule has 3 aromatic rings. The fraction of sp³-hybridized carbons (Fsp3) is 0.344. The summed E-state index contributed by atoms with van der Waals surface area (Å²) in [6.07, 6.45) is 4.11. The van der Waals surface area contributed by atoms with E-state index in [2.05, 4.69) is 107 Å². The maximum absolute atomic E-state index is 12.3. The minimum Gasteiger partial charge on any atom is -0.468 e. The fourth-order valence-electron chi connectivity index (χ4n) is 6.12. The van der Waals surface area contributed by atoms with Crippen molar-refractivity contribution >= 4 is 5.97 Å². The highest BCUT2D eigenvalue weighted by atomic mass is 16.5. The first-order valence-corrected chi connectivity index (χ1v) is 13.2. The van der Waals surface area contributed by atoms with Crippen molar-refractivity contribution < 1.29 is 14.6 Å². The van der Waals surface area contributed by atoms with Crippen molar-refractivity contribution in [2.75, 3.05) is 33.3 Å². The lowest BCUT2D eigenvalue weighted by molar-refractivity contribution is -0.145. The van der Waals surface area contributed by atoms with Gasteiger partial charge in [0.2, 0.25) is 0 Å². The minimum atomic E-state index is -0.509. The van der Waals surface area contributed by atoms with Crippen LogP contribution >= 0.6 is 0 Å². The molecule has 2 aliphatic rings. The molecule has 2 heterocycles. The largest absolute Gasteiger partial charge is 0.468 e. The molecule has 1 N–H and O–H groups in total. The molecule has 2 saturated heterocycles. The zero-order chi connectivity index (χ0) is 25.7. The van der Waals surface area contributed by atoms with Crippen LogP contribution in [0.4, 0.5) is 0 Å². The number of rotatable bonds is 7. The number of hydrogen-bond acceptors (Lipinski definition) is 5. The predicted octanol–water partition coefficient (Wildman–Crippen LogP) is 4.61. The van der Waals surface area contributed by atoms with Crippen LogP contribution in [0.15, 0.2) is 103 Å². The predicted molar refractivity (Wildman–Crippen MR) is 146 cm³/mol. The number of carbonyl (C=O) groups is 1. The van der Waals surface area contributed by atoms with E-state index in [0.717, 1.165) is 31.5 Å². The van der Waals surface area contributed by atoms with Crippen LogP contribution < -0.4 is 0 Å². The summed E-state index contributed by atoms with van der Waals surface area (Å²) in [5, 5.41) is 11.1. The summed E-state index contributed by atoms with van der Waals surface area (Å²) in [6.45, 7) is 2.89. The number of esters is 1. The molecule has 0 aliphatic carbocycles. The highest BCUT2D eigenvalue weighted by Crippen LogP contribution is 2.44. The van der Waals surface area contributed by atoms with Gasteiger partial charge in [0.25, 0.3) is 0 Å². The van der Waals surface area contributed by atoms with E-state index in [9.17, 15) is 9.90 Å². The van der Waals surface area contributed by atoms with Crippen molar-refractivity contribution in [1.82, 2.24) is 9.80 Å². The van der Waals surface area contributed by atoms with Gasteiger partial charge in [-0.3, -0.25) is 14.6 Å². The Morgan fingerprint density at radius 2 is 1.43 bits per heavy atom. The quantitative estimate of drug-likeness (QED) is 0.294. The van der Waals surface area contributed by atoms with E-state index >= 15 is 0 Å². The van der Waals surface area contributed by atoms with E-state index in [0.29, 0.717) is 19.5 Å². The number of methoxy groups -OCH3 is 1. The normalized spacial score (nSPS) is 22.3. The smallest absolute Gasteiger partial charge is 0.323 e. The van der Waals surface area contributed by atoms with E-state index in [-0.39, 0.29) is 12.0 Å². The molecule has 192 valence electrons. The summed E-state index contributed by atoms with van der Waals surface area (Å²) >= 11 is 0. The second-order valence-corrected chi connectivity index (χ2v) is 9.99. The third-order valence-corrected chi connectivity index (χ3v) is 7.95. The number of piperidine rings is 1. The monoisotopic (exact) mass is 496 g/mol. The molecule has 2 fully saturated rings. The average molecular weight is 497 g/mol. The number of likely N-dealkylation sites (tertiary alicyclic amines) is 2. The first-order chi connectivity index (χ1) is 18.1. The number of aliphatic hydroxyl groups excluding tert-OH is 1. The molecular formula is C32H36N2O3. The second kappa shape index (κ2) is 11.4. The molecule has 0 spiro atoms. The number of hydrogen-bond donors (Lipinski definition) is 1. The Bertz CT molecular complexity index is 1100. The Hall–Kier alpha value is -3.25. The van der Waals surface area contributed by atoms with Crippen LogP contribution in [0.3, 0.4) is 0 Å². The average Bonchev–Trinajstić information content (AvgIpc) is 3.43. The van der Waals surface area contributed by atoms with E-state index in [1.165, 1.54) is 23.8 Å². The third-order valence-electron chi connectivity index (χ3n) is 7.95. The van der Waals surface area contributed by atoms with Crippen molar-refractivity contribution in [3.63, 3.8) is 0 Å². The molecule has 5 nitrogen and oxygen atoms in total. The Morgan fingerprint density at radius 1 is 0.892 bits per heavy atom. The molecule has 0 aromatic heterocycles. The third kappa shape index (κ3) is 4.99. The molecule has 0 bridgehead atoms. The van der Waals surface area contributed by atoms with Gasteiger partial charge in [-0.1, -0.05) is 97.1 Å². The topological polar surface area (TPSA) is 53.0 Å². The van der Waals surface area contributed by atoms with Gasteiger partial charge in [0, 0.05) is 19.6 Å². The molecule has 5 rings (SSSR count).